The van der Waals surface area contributed by atoms with Crippen molar-refractivity contribution >= 4 is 29.7 Å². The maximum Gasteiger partial charge on any atom is 0.321 e. The molecule has 27 heavy (non-hydrogen) atoms. The third-order valence-corrected chi connectivity index (χ3v) is 4.56. The lowest BCUT2D eigenvalue weighted by Crippen LogP contribution is -2.35. The molecule has 0 aromatic heterocycles. The molecular weight excluding hydrogens is 372 g/mol. The van der Waals surface area contributed by atoms with E-state index in [4.69, 9.17) is 15.0 Å². The number of hydrogen-bond acceptors (Lipinski definition) is 7. The van der Waals surface area contributed by atoms with Gasteiger partial charge in [-0.15, -0.1) is 0 Å². The van der Waals surface area contributed by atoms with Crippen molar-refractivity contribution in [3.63, 3.8) is 0 Å². The van der Waals surface area contributed by atoms with Gasteiger partial charge in [0, 0.05) is 6.07 Å². The molecule has 0 spiro atoms. The van der Waals surface area contributed by atoms with Gasteiger partial charge in [-0.2, -0.15) is 0 Å². The number of carbonyl (C=O) groups excluding carboxylic acids is 1. The van der Waals surface area contributed by atoms with Crippen LogP contribution in [0.15, 0.2) is 59.5 Å². The first-order valence-corrected chi connectivity index (χ1v) is 8.76. The molecular formula is C18H18N2O6S. The zero-order chi connectivity index (χ0) is 19.8. The van der Waals surface area contributed by atoms with Crippen molar-refractivity contribution < 1.29 is 23.8 Å². The summed E-state index contributed by atoms with van der Waals surface area (Å²) in [5, 5.41) is 20.1. The molecule has 9 heteroatoms. The third kappa shape index (κ3) is 6.08. The number of hydrogen-bond donors (Lipinski definition) is 2. The van der Waals surface area contributed by atoms with Gasteiger partial charge < -0.3 is 15.0 Å². The van der Waals surface area contributed by atoms with E-state index >= 15 is 0 Å². The van der Waals surface area contributed by atoms with Crippen molar-refractivity contribution in [3.8, 4) is 0 Å². The Hall–Kier alpha value is -2.91. The molecule has 0 amide bonds. The van der Waals surface area contributed by atoms with E-state index in [1.807, 2.05) is 18.2 Å². The Morgan fingerprint density at radius 3 is 2.41 bits per heavy atom. The van der Waals surface area contributed by atoms with Gasteiger partial charge in [-0.3, -0.25) is 19.7 Å². The number of nitro groups is 1. The van der Waals surface area contributed by atoms with E-state index in [9.17, 15) is 19.7 Å². The molecule has 0 bridgehead atoms. The predicted molar refractivity (Wildman–Crippen MR) is 98.9 cm³/mol. The van der Waals surface area contributed by atoms with Gasteiger partial charge in [-0.05, 0) is 24.5 Å². The predicted octanol–water partition coefficient (Wildman–Crippen LogP) is 2.81. The standard InChI is InChI=1S/C18H18N2O6S/c19-14(17(21)22)11-13(10-12-6-2-1-3-7-12)18(23)26-27-16-9-5-4-8-15(16)20(24)25/h1-9,13-14H,10-11,19H2,(H,21,22)/t13?,14-/m0/s1. The third-order valence-electron chi connectivity index (χ3n) is 3.79. The first kappa shape index (κ1) is 20.4. The van der Waals surface area contributed by atoms with E-state index in [2.05, 4.69) is 0 Å². The molecule has 2 rings (SSSR count). The Bertz CT molecular complexity index is 815. The van der Waals surface area contributed by atoms with Crippen LogP contribution in [0.25, 0.3) is 0 Å². The van der Waals surface area contributed by atoms with E-state index in [-0.39, 0.29) is 23.4 Å². The molecule has 0 saturated carbocycles. The van der Waals surface area contributed by atoms with Crippen LogP contribution in [0.5, 0.6) is 0 Å². The Morgan fingerprint density at radius 2 is 1.78 bits per heavy atom. The highest BCUT2D eigenvalue weighted by atomic mass is 32.2. The van der Waals surface area contributed by atoms with Crippen molar-refractivity contribution in [2.45, 2.75) is 23.8 Å². The van der Waals surface area contributed by atoms with Gasteiger partial charge in [0.1, 0.15) is 23.0 Å². The van der Waals surface area contributed by atoms with Crippen LogP contribution in [-0.2, 0) is 20.2 Å². The van der Waals surface area contributed by atoms with E-state index in [0.29, 0.717) is 12.0 Å². The average Bonchev–Trinajstić information content (AvgIpc) is 2.66. The van der Waals surface area contributed by atoms with Crippen molar-refractivity contribution in [3.05, 3.63) is 70.3 Å². The van der Waals surface area contributed by atoms with Crippen LogP contribution in [0.1, 0.15) is 12.0 Å². The van der Waals surface area contributed by atoms with Gasteiger partial charge in [0.05, 0.1) is 10.8 Å². The van der Waals surface area contributed by atoms with Crippen molar-refractivity contribution in [1.29, 1.82) is 0 Å². The summed E-state index contributed by atoms with van der Waals surface area (Å²) >= 11 is 0.578. The van der Waals surface area contributed by atoms with E-state index in [1.165, 1.54) is 18.2 Å². The molecule has 2 aromatic carbocycles. The van der Waals surface area contributed by atoms with Gasteiger partial charge in [0.25, 0.3) is 5.69 Å². The summed E-state index contributed by atoms with van der Waals surface area (Å²) in [5.41, 5.74) is 6.22. The Kier molecular flexibility index (Phi) is 7.33. The molecule has 8 nitrogen and oxygen atoms in total. The number of carboxylic acids is 1. The number of para-hydroxylation sites is 1. The number of carbonyl (C=O) groups is 2. The highest BCUT2D eigenvalue weighted by molar-refractivity contribution is 7.95. The summed E-state index contributed by atoms with van der Waals surface area (Å²) < 4.78 is 5.16. The molecule has 0 radical (unpaired) electrons. The first-order valence-electron chi connectivity index (χ1n) is 8.02. The maximum atomic E-state index is 12.5. The quantitative estimate of drug-likeness (QED) is 0.379. The second kappa shape index (κ2) is 9.70. The topological polar surface area (TPSA) is 133 Å². The summed E-state index contributed by atoms with van der Waals surface area (Å²) in [4.78, 5) is 34.2. The summed E-state index contributed by atoms with van der Waals surface area (Å²) in [6.45, 7) is 0. The Labute approximate surface area is 159 Å². The normalized spacial score (nSPS) is 12.8. The largest absolute Gasteiger partial charge is 0.480 e. The van der Waals surface area contributed by atoms with E-state index < -0.39 is 28.8 Å². The van der Waals surface area contributed by atoms with E-state index in [0.717, 1.165) is 5.56 Å². The summed E-state index contributed by atoms with van der Waals surface area (Å²) in [5.74, 6) is -2.69. The van der Waals surface area contributed by atoms with Crippen LogP contribution in [0, 0.1) is 16.0 Å². The van der Waals surface area contributed by atoms with Crippen LogP contribution in [0.4, 0.5) is 5.69 Å². The molecule has 0 aliphatic rings. The Morgan fingerprint density at radius 1 is 1.15 bits per heavy atom. The molecule has 0 saturated heterocycles. The van der Waals surface area contributed by atoms with Crippen LogP contribution in [0.3, 0.4) is 0 Å². The van der Waals surface area contributed by atoms with Crippen LogP contribution >= 0.6 is 12.0 Å². The number of rotatable bonds is 9. The summed E-state index contributed by atoms with van der Waals surface area (Å²) in [6, 6.07) is 13.7. The van der Waals surface area contributed by atoms with Gasteiger partial charge in [-0.25, -0.2) is 0 Å². The van der Waals surface area contributed by atoms with E-state index in [1.54, 1.807) is 18.2 Å². The number of nitro benzene ring substituents is 1. The number of benzene rings is 2. The van der Waals surface area contributed by atoms with Gasteiger partial charge in [-0.1, -0.05) is 42.5 Å². The molecule has 3 N–H and O–H groups in total. The minimum atomic E-state index is -1.22. The lowest BCUT2D eigenvalue weighted by molar-refractivity contribution is -0.387. The zero-order valence-electron chi connectivity index (χ0n) is 14.2. The molecule has 2 atom stereocenters. The average molecular weight is 390 g/mol. The SMILES string of the molecule is N[C@@H](CC(Cc1ccccc1)C(=O)OSc1ccccc1[N+](=O)[O-])C(=O)O. The van der Waals surface area contributed by atoms with Gasteiger partial charge >= 0.3 is 11.9 Å². The van der Waals surface area contributed by atoms with Crippen LogP contribution in [0.2, 0.25) is 0 Å². The molecule has 0 heterocycles. The minimum absolute atomic E-state index is 0.111. The molecule has 142 valence electrons. The second-order valence-corrected chi connectivity index (χ2v) is 6.55. The monoisotopic (exact) mass is 390 g/mol. The molecule has 0 aliphatic heterocycles. The lowest BCUT2D eigenvalue weighted by atomic mass is 9.93. The number of carboxylic acid groups (broad SMARTS) is 1. The van der Waals surface area contributed by atoms with Crippen LogP contribution < -0.4 is 5.73 Å². The fourth-order valence-corrected chi connectivity index (χ4v) is 3.07. The second-order valence-electron chi connectivity index (χ2n) is 5.78. The number of aliphatic carboxylic acids is 1. The van der Waals surface area contributed by atoms with Crippen molar-refractivity contribution in [1.82, 2.24) is 0 Å². The summed E-state index contributed by atoms with van der Waals surface area (Å²) in [6.07, 6.45) is 0.138. The molecule has 2 aromatic rings. The Balaban J connectivity index is 2.11. The lowest BCUT2D eigenvalue weighted by Gasteiger charge is -2.17. The summed E-state index contributed by atoms with van der Waals surface area (Å²) in [7, 11) is 0. The van der Waals surface area contributed by atoms with Gasteiger partial charge in [0.2, 0.25) is 0 Å². The van der Waals surface area contributed by atoms with Crippen molar-refractivity contribution in [2.24, 2.45) is 11.7 Å². The number of nitrogens with zero attached hydrogens (tertiary/aromatic N) is 1. The maximum absolute atomic E-state index is 12.5. The molecule has 0 fully saturated rings. The van der Waals surface area contributed by atoms with Crippen molar-refractivity contribution in [2.75, 3.05) is 0 Å². The fraction of sp³-hybridized carbons (Fsp3) is 0.222. The fourth-order valence-electron chi connectivity index (χ4n) is 2.40. The van der Waals surface area contributed by atoms with Gasteiger partial charge in [0.15, 0.2) is 0 Å². The minimum Gasteiger partial charge on any atom is -0.480 e. The zero-order valence-corrected chi connectivity index (χ0v) is 15.0. The smallest absolute Gasteiger partial charge is 0.321 e. The first-order chi connectivity index (χ1) is 12.9. The molecule has 0 aliphatic carbocycles. The van der Waals surface area contributed by atoms with Crippen LogP contribution in [-0.4, -0.2) is 28.0 Å². The highest BCUT2D eigenvalue weighted by Gasteiger charge is 2.27. The highest BCUT2D eigenvalue weighted by Crippen LogP contribution is 2.30. The number of nitrogens with two attached hydrogens (primary N) is 1. The molecule has 1 unspecified atom stereocenters.